The van der Waals surface area contributed by atoms with Crippen molar-refractivity contribution in [2.45, 2.75) is 37.6 Å². The lowest BCUT2D eigenvalue weighted by atomic mass is 9.80. The van der Waals surface area contributed by atoms with E-state index in [2.05, 4.69) is 27.7 Å². The van der Waals surface area contributed by atoms with Crippen LogP contribution in [-0.2, 0) is 0 Å². The van der Waals surface area contributed by atoms with E-state index < -0.39 is 0 Å². The Morgan fingerprint density at radius 2 is 1.90 bits per heavy atom. The number of aromatic nitrogens is 2. The molecular formula is C16H27N5. The lowest BCUT2D eigenvalue weighted by Gasteiger charge is -2.35. The molecule has 4 rings (SSSR count). The molecule has 1 aromatic rings. The molecule has 1 aromatic heterocycles. The Morgan fingerprint density at radius 3 is 2.52 bits per heavy atom. The van der Waals surface area contributed by atoms with Crippen LogP contribution in [0.3, 0.4) is 0 Å². The maximum atomic E-state index is 5.75. The Labute approximate surface area is 127 Å². The van der Waals surface area contributed by atoms with E-state index in [9.17, 15) is 0 Å². The van der Waals surface area contributed by atoms with Gasteiger partial charge in [-0.25, -0.2) is 0 Å². The average molecular weight is 289 g/mol. The van der Waals surface area contributed by atoms with Crippen molar-refractivity contribution in [3.05, 3.63) is 11.9 Å². The Morgan fingerprint density at radius 1 is 1.19 bits per heavy atom. The van der Waals surface area contributed by atoms with Crippen LogP contribution in [0.25, 0.3) is 0 Å². The molecule has 2 saturated carbocycles. The maximum absolute atomic E-state index is 5.75. The number of hydrogen-bond donors (Lipinski definition) is 1. The highest BCUT2D eigenvalue weighted by Gasteiger charge is 2.35. The van der Waals surface area contributed by atoms with E-state index in [1.807, 2.05) is 0 Å². The van der Waals surface area contributed by atoms with Crippen molar-refractivity contribution >= 4 is 5.69 Å². The molecule has 1 aliphatic heterocycles. The number of likely N-dealkylation sites (N-methyl/N-ethyl adjacent to an activating group) is 1. The second-order valence-electron chi connectivity index (χ2n) is 7.17. The fourth-order valence-corrected chi connectivity index (χ4v) is 3.63. The highest BCUT2D eigenvalue weighted by Crippen LogP contribution is 2.45. The maximum Gasteiger partial charge on any atom is 0.0888 e. The molecule has 0 radical (unpaired) electrons. The van der Waals surface area contributed by atoms with Crippen molar-refractivity contribution in [1.82, 2.24) is 14.7 Å². The first-order chi connectivity index (χ1) is 10.2. The molecule has 0 aromatic carbocycles. The number of piperazine rings is 1. The van der Waals surface area contributed by atoms with Crippen molar-refractivity contribution in [1.29, 1.82) is 0 Å². The molecule has 116 valence electrons. The highest BCUT2D eigenvalue weighted by atomic mass is 15.3. The predicted octanol–water partition coefficient (Wildman–Crippen LogP) is 1.42. The van der Waals surface area contributed by atoms with Gasteiger partial charge >= 0.3 is 0 Å². The van der Waals surface area contributed by atoms with Gasteiger partial charge in [-0.05, 0) is 45.2 Å². The van der Waals surface area contributed by atoms with Crippen LogP contribution in [0.1, 0.15) is 43.3 Å². The minimum atomic E-state index is 0.595. The van der Waals surface area contributed by atoms with Gasteiger partial charge in [0.2, 0.25) is 0 Å². The highest BCUT2D eigenvalue weighted by molar-refractivity contribution is 5.52. The predicted molar refractivity (Wildman–Crippen MR) is 84.7 cm³/mol. The van der Waals surface area contributed by atoms with Gasteiger partial charge in [-0.1, -0.05) is 0 Å². The first-order valence-electron chi connectivity index (χ1n) is 8.47. The zero-order valence-electron chi connectivity index (χ0n) is 13.0. The van der Waals surface area contributed by atoms with E-state index in [1.165, 1.54) is 37.1 Å². The molecule has 2 heterocycles. The fourth-order valence-electron chi connectivity index (χ4n) is 3.63. The number of nitrogens with two attached hydrogens (primary N) is 1. The average Bonchev–Trinajstić information content (AvgIpc) is 3.20. The van der Waals surface area contributed by atoms with Crippen LogP contribution >= 0.6 is 0 Å². The second kappa shape index (κ2) is 5.29. The lowest BCUT2D eigenvalue weighted by Crippen LogP contribution is -2.44. The van der Waals surface area contributed by atoms with Gasteiger partial charge < -0.3 is 15.5 Å². The molecule has 3 fully saturated rings. The van der Waals surface area contributed by atoms with E-state index in [1.54, 1.807) is 0 Å². The molecule has 0 amide bonds. The molecular weight excluding hydrogens is 262 g/mol. The Bertz CT molecular complexity index is 493. The van der Waals surface area contributed by atoms with Crippen LogP contribution in [0.5, 0.6) is 0 Å². The third kappa shape index (κ3) is 2.57. The molecule has 2 aliphatic carbocycles. The minimum absolute atomic E-state index is 0.595. The second-order valence-corrected chi connectivity index (χ2v) is 7.17. The molecule has 0 unspecified atom stereocenters. The quantitative estimate of drug-likeness (QED) is 0.911. The smallest absolute Gasteiger partial charge is 0.0888 e. The first kappa shape index (κ1) is 13.6. The van der Waals surface area contributed by atoms with Gasteiger partial charge in [0.05, 0.1) is 17.4 Å². The van der Waals surface area contributed by atoms with Gasteiger partial charge in [-0.3, -0.25) is 4.68 Å². The van der Waals surface area contributed by atoms with Gasteiger partial charge in [0.15, 0.2) is 0 Å². The molecule has 5 nitrogen and oxygen atoms in total. The van der Waals surface area contributed by atoms with E-state index in [0.29, 0.717) is 6.04 Å². The van der Waals surface area contributed by atoms with Crippen molar-refractivity contribution in [2.24, 2.45) is 11.7 Å². The molecule has 2 N–H and O–H groups in total. The van der Waals surface area contributed by atoms with Crippen molar-refractivity contribution < 1.29 is 0 Å². The monoisotopic (exact) mass is 289 g/mol. The van der Waals surface area contributed by atoms with Crippen LogP contribution in [0.15, 0.2) is 6.20 Å². The summed E-state index contributed by atoms with van der Waals surface area (Å²) in [5.41, 5.74) is 8.54. The van der Waals surface area contributed by atoms with Gasteiger partial charge in [-0.15, -0.1) is 0 Å². The minimum Gasteiger partial charge on any atom is -0.366 e. The summed E-state index contributed by atoms with van der Waals surface area (Å²) in [5.74, 6) is 1.45. The summed E-state index contributed by atoms with van der Waals surface area (Å²) >= 11 is 0. The fraction of sp³-hybridized carbons (Fsp3) is 0.812. The number of rotatable bonds is 4. The van der Waals surface area contributed by atoms with Gasteiger partial charge in [0.25, 0.3) is 0 Å². The lowest BCUT2D eigenvalue weighted by molar-refractivity contribution is 0.189. The Balaban J connectivity index is 1.53. The molecule has 0 atom stereocenters. The van der Waals surface area contributed by atoms with Crippen LogP contribution in [-0.4, -0.2) is 54.5 Å². The van der Waals surface area contributed by atoms with E-state index in [-0.39, 0.29) is 0 Å². The summed E-state index contributed by atoms with van der Waals surface area (Å²) in [7, 11) is 2.21. The number of hydrogen-bond acceptors (Lipinski definition) is 4. The van der Waals surface area contributed by atoms with Crippen molar-refractivity contribution in [2.75, 3.05) is 44.7 Å². The van der Waals surface area contributed by atoms with Crippen LogP contribution in [0.2, 0.25) is 0 Å². The van der Waals surface area contributed by atoms with E-state index in [0.717, 1.165) is 44.6 Å². The first-order valence-corrected chi connectivity index (χ1v) is 8.47. The molecule has 0 spiro atoms. The summed E-state index contributed by atoms with van der Waals surface area (Å²) in [6.45, 7) is 5.43. The van der Waals surface area contributed by atoms with Gasteiger partial charge in [0.1, 0.15) is 0 Å². The topological polar surface area (TPSA) is 50.3 Å². The molecule has 5 heteroatoms. The zero-order chi connectivity index (χ0) is 14.4. The SMILES string of the molecule is CN1CCN(c2cn(C3CC(CN)C3)nc2C2CC2)CC1. The Hall–Kier alpha value is -1.07. The Kier molecular flexibility index (Phi) is 3.42. The van der Waals surface area contributed by atoms with Gasteiger partial charge in [-0.2, -0.15) is 5.10 Å². The third-order valence-corrected chi connectivity index (χ3v) is 5.47. The summed E-state index contributed by atoms with van der Waals surface area (Å²) in [6.07, 6.45) is 7.41. The van der Waals surface area contributed by atoms with Crippen LogP contribution in [0.4, 0.5) is 5.69 Å². The zero-order valence-corrected chi connectivity index (χ0v) is 13.0. The normalized spacial score (nSPS) is 30.5. The molecule has 0 bridgehead atoms. The molecule has 1 saturated heterocycles. The summed E-state index contributed by atoms with van der Waals surface area (Å²) < 4.78 is 2.26. The number of nitrogens with zero attached hydrogens (tertiary/aromatic N) is 4. The van der Waals surface area contributed by atoms with E-state index in [4.69, 9.17) is 10.8 Å². The van der Waals surface area contributed by atoms with Crippen LogP contribution < -0.4 is 10.6 Å². The molecule has 21 heavy (non-hydrogen) atoms. The summed E-state index contributed by atoms with van der Waals surface area (Å²) in [6, 6.07) is 0.595. The van der Waals surface area contributed by atoms with Crippen molar-refractivity contribution in [3.63, 3.8) is 0 Å². The number of anilines is 1. The summed E-state index contributed by atoms with van der Waals surface area (Å²) in [5, 5.41) is 4.98. The van der Waals surface area contributed by atoms with Crippen LogP contribution in [0, 0.1) is 5.92 Å². The molecule has 3 aliphatic rings. The summed E-state index contributed by atoms with van der Waals surface area (Å²) in [4.78, 5) is 4.96. The standard InChI is InChI=1S/C16H27N5/c1-19-4-6-20(7-5-19)15-11-21(14-8-12(9-14)10-17)18-16(15)13-2-3-13/h11-14H,2-10,17H2,1H3. The van der Waals surface area contributed by atoms with E-state index >= 15 is 0 Å². The van der Waals surface area contributed by atoms with Gasteiger partial charge in [0, 0.05) is 38.3 Å². The third-order valence-electron chi connectivity index (χ3n) is 5.47. The largest absolute Gasteiger partial charge is 0.366 e. The van der Waals surface area contributed by atoms with Crippen molar-refractivity contribution in [3.8, 4) is 0 Å².